The van der Waals surface area contributed by atoms with Crippen molar-refractivity contribution in [2.45, 2.75) is 13.5 Å². The molecule has 0 fully saturated rings. The molecule has 0 aliphatic carbocycles. The van der Waals surface area contributed by atoms with Crippen LogP contribution in [0.1, 0.15) is 16.7 Å². The molecule has 2 heteroatoms. The van der Waals surface area contributed by atoms with Gasteiger partial charge in [0.05, 0.1) is 6.54 Å². The Morgan fingerprint density at radius 1 is 1.10 bits per heavy atom. The van der Waals surface area contributed by atoms with E-state index in [0.717, 1.165) is 12.1 Å². The minimum absolute atomic E-state index is 0.396. The van der Waals surface area contributed by atoms with Gasteiger partial charge in [0.15, 0.2) is 0 Å². The van der Waals surface area contributed by atoms with E-state index in [9.17, 15) is 0 Å². The molecule has 0 amide bonds. The summed E-state index contributed by atoms with van der Waals surface area (Å²) in [4.78, 5) is 2.25. The van der Waals surface area contributed by atoms with Crippen LogP contribution in [-0.2, 0) is 6.54 Å². The lowest BCUT2D eigenvalue weighted by atomic mass is 10.1. The van der Waals surface area contributed by atoms with Gasteiger partial charge in [-0.25, -0.2) is 0 Å². The predicted octanol–water partition coefficient (Wildman–Crippen LogP) is 2.94. The third-order valence-electron chi connectivity index (χ3n) is 3.21. The number of rotatable bonds is 3. The van der Waals surface area contributed by atoms with Gasteiger partial charge in [0, 0.05) is 24.8 Å². The summed E-state index contributed by atoms with van der Waals surface area (Å²) >= 11 is 0. The van der Waals surface area contributed by atoms with Crippen LogP contribution in [0.25, 0.3) is 0 Å². The molecule has 0 bridgehead atoms. The lowest BCUT2D eigenvalue weighted by molar-refractivity contribution is 0.917. The highest BCUT2D eigenvalue weighted by Gasteiger charge is 2.04. The highest BCUT2D eigenvalue weighted by Crippen LogP contribution is 2.20. The first-order chi connectivity index (χ1) is 9.70. The zero-order valence-corrected chi connectivity index (χ0v) is 12.1. The molecule has 2 aromatic carbocycles. The zero-order valence-electron chi connectivity index (χ0n) is 12.1. The monoisotopic (exact) mass is 264 g/mol. The maximum Gasteiger partial charge on any atom is 0.0555 e. The summed E-state index contributed by atoms with van der Waals surface area (Å²) in [6, 6.07) is 16.7. The van der Waals surface area contributed by atoms with Crippen molar-refractivity contribution in [3.63, 3.8) is 0 Å². The van der Waals surface area contributed by atoms with Crippen LogP contribution in [0.4, 0.5) is 5.69 Å². The Kier molecular flexibility index (Phi) is 4.81. The predicted molar refractivity (Wildman–Crippen MR) is 85.7 cm³/mol. The summed E-state index contributed by atoms with van der Waals surface area (Å²) in [5, 5.41) is 0. The number of hydrogen-bond acceptors (Lipinski definition) is 2. The second-order valence-corrected chi connectivity index (χ2v) is 4.85. The van der Waals surface area contributed by atoms with Crippen LogP contribution in [0.3, 0.4) is 0 Å². The van der Waals surface area contributed by atoms with Crippen LogP contribution in [0.15, 0.2) is 48.5 Å². The summed E-state index contributed by atoms with van der Waals surface area (Å²) in [5.74, 6) is 5.97. The Morgan fingerprint density at radius 3 is 2.65 bits per heavy atom. The minimum Gasteiger partial charge on any atom is -0.370 e. The topological polar surface area (TPSA) is 29.3 Å². The van der Waals surface area contributed by atoms with Crippen LogP contribution in [0.5, 0.6) is 0 Å². The number of nitrogens with zero attached hydrogens (tertiary/aromatic N) is 1. The molecule has 0 saturated carbocycles. The van der Waals surface area contributed by atoms with E-state index >= 15 is 0 Å². The molecular formula is C18H20N2. The van der Waals surface area contributed by atoms with Crippen molar-refractivity contribution >= 4 is 5.69 Å². The van der Waals surface area contributed by atoms with E-state index in [-0.39, 0.29) is 0 Å². The molecule has 0 atom stereocenters. The van der Waals surface area contributed by atoms with Crippen LogP contribution >= 0.6 is 0 Å². The normalized spacial score (nSPS) is 9.75. The van der Waals surface area contributed by atoms with Crippen LogP contribution in [-0.4, -0.2) is 13.6 Å². The number of benzene rings is 2. The van der Waals surface area contributed by atoms with Gasteiger partial charge in [-0.1, -0.05) is 42.2 Å². The van der Waals surface area contributed by atoms with E-state index in [0.29, 0.717) is 6.54 Å². The Morgan fingerprint density at radius 2 is 1.90 bits per heavy atom. The van der Waals surface area contributed by atoms with Crippen molar-refractivity contribution in [1.29, 1.82) is 0 Å². The zero-order chi connectivity index (χ0) is 14.4. The second kappa shape index (κ2) is 6.79. The van der Waals surface area contributed by atoms with Crippen LogP contribution < -0.4 is 10.6 Å². The standard InChI is InChI=1S/C18H20N2/c1-15-7-3-4-11-18(15)20(2)14-17-9-5-8-16(13-17)10-6-12-19/h3-5,7-9,11,13H,12,14,19H2,1-2H3. The van der Waals surface area contributed by atoms with E-state index < -0.39 is 0 Å². The molecule has 102 valence electrons. The van der Waals surface area contributed by atoms with Crippen molar-refractivity contribution in [3.05, 3.63) is 65.2 Å². The summed E-state index contributed by atoms with van der Waals surface area (Å²) in [6.45, 7) is 3.39. The fraction of sp³-hybridized carbons (Fsp3) is 0.222. The fourth-order valence-corrected chi connectivity index (χ4v) is 2.25. The molecule has 0 heterocycles. The first-order valence-electron chi connectivity index (χ1n) is 6.75. The Bertz CT molecular complexity index is 635. The third kappa shape index (κ3) is 3.63. The van der Waals surface area contributed by atoms with Crippen molar-refractivity contribution < 1.29 is 0 Å². The second-order valence-electron chi connectivity index (χ2n) is 4.85. The van der Waals surface area contributed by atoms with Crippen LogP contribution in [0.2, 0.25) is 0 Å². The Hall–Kier alpha value is -2.24. The van der Waals surface area contributed by atoms with Gasteiger partial charge in [-0.05, 0) is 36.2 Å². The molecule has 0 aliphatic rings. The molecule has 2 aromatic rings. The highest BCUT2D eigenvalue weighted by molar-refractivity contribution is 5.53. The highest BCUT2D eigenvalue weighted by atomic mass is 15.1. The van der Waals surface area contributed by atoms with Gasteiger partial charge in [-0.3, -0.25) is 0 Å². The van der Waals surface area contributed by atoms with Gasteiger partial charge in [-0.15, -0.1) is 0 Å². The van der Waals surface area contributed by atoms with Crippen molar-refractivity contribution in [2.75, 3.05) is 18.5 Å². The Balaban J connectivity index is 2.16. The van der Waals surface area contributed by atoms with E-state index in [1.165, 1.54) is 16.8 Å². The molecule has 0 radical (unpaired) electrons. The average molecular weight is 264 g/mol. The molecule has 2 nitrogen and oxygen atoms in total. The van der Waals surface area contributed by atoms with E-state index in [2.05, 4.69) is 67.1 Å². The maximum absolute atomic E-state index is 5.41. The molecular weight excluding hydrogens is 244 g/mol. The third-order valence-corrected chi connectivity index (χ3v) is 3.21. The minimum atomic E-state index is 0.396. The van der Waals surface area contributed by atoms with Gasteiger partial charge in [-0.2, -0.15) is 0 Å². The van der Waals surface area contributed by atoms with Gasteiger partial charge in [0.25, 0.3) is 0 Å². The molecule has 2 rings (SSSR count). The lowest BCUT2D eigenvalue weighted by Gasteiger charge is -2.21. The van der Waals surface area contributed by atoms with Crippen molar-refractivity contribution in [3.8, 4) is 11.8 Å². The maximum atomic E-state index is 5.41. The first-order valence-corrected chi connectivity index (χ1v) is 6.75. The van der Waals surface area contributed by atoms with Gasteiger partial charge < -0.3 is 10.6 Å². The molecule has 0 saturated heterocycles. The van der Waals surface area contributed by atoms with Gasteiger partial charge in [0.2, 0.25) is 0 Å². The summed E-state index contributed by atoms with van der Waals surface area (Å²) in [6.07, 6.45) is 0. The first kappa shape index (κ1) is 14.2. The summed E-state index contributed by atoms with van der Waals surface area (Å²) in [5.41, 5.74) is 10.2. The molecule has 20 heavy (non-hydrogen) atoms. The summed E-state index contributed by atoms with van der Waals surface area (Å²) < 4.78 is 0. The smallest absolute Gasteiger partial charge is 0.0555 e. The lowest BCUT2D eigenvalue weighted by Crippen LogP contribution is -2.17. The largest absolute Gasteiger partial charge is 0.370 e. The van der Waals surface area contributed by atoms with Gasteiger partial charge in [0.1, 0.15) is 0 Å². The Labute approximate surface area is 121 Å². The number of nitrogens with two attached hydrogens (primary N) is 1. The molecule has 0 spiro atoms. The van der Waals surface area contributed by atoms with E-state index in [1.807, 2.05) is 12.1 Å². The van der Waals surface area contributed by atoms with Crippen LogP contribution in [0, 0.1) is 18.8 Å². The SMILES string of the molecule is Cc1ccccc1N(C)Cc1cccc(C#CCN)c1. The number of para-hydroxylation sites is 1. The fourth-order valence-electron chi connectivity index (χ4n) is 2.25. The molecule has 0 aromatic heterocycles. The molecule has 0 unspecified atom stereocenters. The average Bonchev–Trinajstić information content (AvgIpc) is 2.46. The number of anilines is 1. The van der Waals surface area contributed by atoms with E-state index in [4.69, 9.17) is 5.73 Å². The van der Waals surface area contributed by atoms with E-state index in [1.54, 1.807) is 0 Å². The summed E-state index contributed by atoms with van der Waals surface area (Å²) in [7, 11) is 2.11. The van der Waals surface area contributed by atoms with Gasteiger partial charge >= 0.3 is 0 Å². The number of aryl methyl sites for hydroxylation is 1. The molecule has 2 N–H and O–H groups in total. The molecule has 0 aliphatic heterocycles. The van der Waals surface area contributed by atoms with Crippen molar-refractivity contribution in [1.82, 2.24) is 0 Å². The quantitative estimate of drug-likeness (QED) is 0.864. The van der Waals surface area contributed by atoms with Crippen molar-refractivity contribution in [2.24, 2.45) is 5.73 Å². The number of hydrogen-bond donors (Lipinski definition) is 1.